The molecule has 2 heterocycles. The summed E-state index contributed by atoms with van der Waals surface area (Å²) in [5.41, 5.74) is 1.49. The minimum Gasteiger partial charge on any atom is -0.370 e. The molecule has 0 aliphatic rings. The summed E-state index contributed by atoms with van der Waals surface area (Å²) in [5, 5.41) is 4.21. The molecular weight excluding hydrogens is 295 g/mol. The van der Waals surface area contributed by atoms with Crippen molar-refractivity contribution >= 4 is 29.0 Å². The van der Waals surface area contributed by atoms with Crippen LogP contribution in [0.25, 0.3) is 11.5 Å². The van der Waals surface area contributed by atoms with E-state index >= 15 is 0 Å². The van der Waals surface area contributed by atoms with Crippen molar-refractivity contribution in [2.45, 2.75) is 26.7 Å². The van der Waals surface area contributed by atoms with Gasteiger partial charge >= 0.3 is 0 Å². The van der Waals surface area contributed by atoms with Crippen LogP contribution in [0.2, 0.25) is 10.0 Å². The van der Waals surface area contributed by atoms with Crippen molar-refractivity contribution < 1.29 is 0 Å². The average Bonchev–Trinajstić information content (AvgIpc) is 2.44. The molecule has 2 aromatic rings. The molecule has 0 spiro atoms. The molecule has 0 saturated heterocycles. The van der Waals surface area contributed by atoms with Crippen LogP contribution in [0.4, 0.5) is 5.82 Å². The Morgan fingerprint density at radius 1 is 1.15 bits per heavy atom. The standard InChI is InChI=1S/C14H16Cl2N4/c1-3-5-17-12-7-10(4-2)19-14(20-12)13-11(16)6-9(15)8-18-13/h6-8H,3-5H2,1-2H3,(H,17,19,20). The highest BCUT2D eigenvalue weighted by molar-refractivity contribution is 6.35. The topological polar surface area (TPSA) is 50.7 Å². The van der Waals surface area contributed by atoms with Gasteiger partial charge in [-0.3, -0.25) is 0 Å². The number of pyridine rings is 1. The van der Waals surface area contributed by atoms with E-state index in [0.717, 1.165) is 30.9 Å². The molecule has 20 heavy (non-hydrogen) atoms. The molecule has 6 heteroatoms. The lowest BCUT2D eigenvalue weighted by Crippen LogP contribution is -2.06. The van der Waals surface area contributed by atoms with Gasteiger partial charge in [-0.25, -0.2) is 15.0 Å². The lowest BCUT2D eigenvalue weighted by Gasteiger charge is -2.09. The summed E-state index contributed by atoms with van der Waals surface area (Å²) in [6.07, 6.45) is 3.40. The SMILES string of the molecule is CCCNc1cc(CC)nc(-c2ncc(Cl)cc2Cl)n1. The summed E-state index contributed by atoms with van der Waals surface area (Å²) in [5.74, 6) is 1.31. The second-order valence-electron chi connectivity index (χ2n) is 4.33. The van der Waals surface area contributed by atoms with E-state index in [1.807, 2.05) is 13.0 Å². The van der Waals surface area contributed by atoms with Gasteiger partial charge in [0.2, 0.25) is 0 Å². The number of anilines is 1. The van der Waals surface area contributed by atoms with Crippen LogP contribution in [0.15, 0.2) is 18.3 Å². The summed E-state index contributed by atoms with van der Waals surface area (Å²) in [6.45, 7) is 5.02. The number of halogens is 2. The average molecular weight is 311 g/mol. The van der Waals surface area contributed by atoms with E-state index in [4.69, 9.17) is 23.2 Å². The predicted molar refractivity (Wildman–Crippen MR) is 83.4 cm³/mol. The molecule has 0 unspecified atom stereocenters. The highest BCUT2D eigenvalue weighted by Gasteiger charge is 2.11. The second kappa shape index (κ2) is 6.86. The zero-order valence-electron chi connectivity index (χ0n) is 11.5. The van der Waals surface area contributed by atoms with Crippen LogP contribution in [-0.2, 0) is 6.42 Å². The Bertz CT molecular complexity index is 602. The van der Waals surface area contributed by atoms with Gasteiger partial charge < -0.3 is 5.32 Å². The summed E-state index contributed by atoms with van der Waals surface area (Å²) in [7, 11) is 0. The van der Waals surface area contributed by atoms with Gasteiger partial charge in [0.25, 0.3) is 0 Å². The van der Waals surface area contributed by atoms with Gasteiger partial charge in [0.05, 0.1) is 10.0 Å². The molecule has 2 aromatic heterocycles. The van der Waals surface area contributed by atoms with E-state index in [2.05, 4.69) is 27.2 Å². The maximum atomic E-state index is 6.17. The smallest absolute Gasteiger partial charge is 0.181 e. The summed E-state index contributed by atoms with van der Waals surface area (Å²) >= 11 is 12.0. The van der Waals surface area contributed by atoms with Crippen molar-refractivity contribution in [1.29, 1.82) is 0 Å². The summed E-state index contributed by atoms with van der Waals surface area (Å²) in [6, 6.07) is 3.59. The van der Waals surface area contributed by atoms with E-state index in [1.54, 1.807) is 12.3 Å². The molecule has 0 fully saturated rings. The number of hydrogen-bond donors (Lipinski definition) is 1. The van der Waals surface area contributed by atoms with Crippen molar-refractivity contribution in [3.05, 3.63) is 34.1 Å². The number of aromatic nitrogens is 3. The van der Waals surface area contributed by atoms with Crippen LogP contribution in [0, 0.1) is 0 Å². The number of nitrogens with one attached hydrogen (secondary N) is 1. The maximum Gasteiger partial charge on any atom is 0.181 e. The fraction of sp³-hybridized carbons (Fsp3) is 0.357. The molecule has 106 valence electrons. The molecular formula is C14H16Cl2N4. The number of nitrogens with zero attached hydrogens (tertiary/aromatic N) is 3. The van der Waals surface area contributed by atoms with Crippen LogP contribution in [0.1, 0.15) is 26.0 Å². The lowest BCUT2D eigenvalue weighted by atomic mass is 10.2. The number of hydrogen-bond acceptors (Lipinski definition) is 4. The third-order valence-electron chi connectivity index (χ3n) is 2.72. The first-order valence-corrected chi connectivity index (χ1v) is 7.32. The minimum atomic E-state index is 0.451. The van der Waals surface area contributed by atoms with Crippen molar-refractivity contribution in [2.75, 3.05) is 11.9 Å². The fourth-order valence-corrected chi connectivity index (χ4v) is 2.17. The molecule has 0 saturated carbocycles. The first-order chi connectivity index (χ1) is 9.63. The van der Waals surface area contributed by atoms with E-state index in [1.165, 1.54) is 0 Å². The zero-order valence-corrected chi connectivity index (χ0v) is 13.0. The Balaban J connectivity index is 2.44. The van der Waals surface area contributed by atoms with Crippen molar-refractivity contribution in [1.82, 2.24) is 15.0 Å². The Morgan fingerprint density at radius 3 is 2.60 bits per heavy atom. The van der Waals surface area contributed by atoms with Gasteiger partial charge in [0.15, 0.2) is 5.82 Å². The van der Waals surface area contributed by atoms with Crippen LogP contribution < -0.4 is 5.32 Å². The summed E-state index contributed by atoms with van der Waals surface area (Å²) < 4.78 is 0. The van der Waals surface area contributed by atoms with Crippen LogP contribution in [0.3, 0.4) is 0 Å². The zero-order chi connectivity index (χ0) is 14.5. The third-order valence-corrected chi connectivity index (χ3v) is 3.21. The highest BCUT2D eigenvalue weighted by Crippen LogP contribution is 2.26. The molecule has 1 N–H and O–H groups in total. The predicted octanol–water partition coefficient (Wildman–Crippen LogP) is 4.23. The highest BCUT2D eigenvalue weighted by atomic mass is 35.5. The molecule has 0 aliphatic heterocycles. The van der Waals surface area contributed by atoms with Gasteiger partial charge in [-0.1, -0.05) is 37.0 Å². The van der Waals surface area contributed by atoms with Crippen molar-refractivity contribution in [3.63, 3.8) is 0 Å². The van der Waals surface area contributed by atoms with Gasteiger partial charge in [-0.2, -0.15) is 0 Å². The van der Waals surface area contributed by atoms with Crippen LogP contribution in [-0.4, -0.2) is 21.5 Å². The Kier molecular flexibility index (Phi) is 5.15. The molecule has 0 aliphatic carbocycles. The van der Waals surface area contributed by atoms with E-state index in [0.29, 0.717) is 21.6 Å². The van der Waals surface area contributed by atoms with E-state index in [9.17, 15) is 0 Å². The minimum absolute atomic E-state index is 0.451. The van der Waals surface area contributed by atoms with E-state index < -0.39 is 0 Å². The third kappa shape index (κ3) is 3.58. The molecule has 0 bridgehead atoms. The van der Waals surface area contributed by atoms with Crippen molar-refractivity contribution in [3.8, 4) is 11.5 Å². The Hall–Kier alpha value is -1.39. The molecule has 0 radical (unpaired) electrons. The lowest BCUT2D eigenvalue weighted by molar-refractivity contribution is 0.949. The summed E-state index contributed by atoms with van der Waals surface area (Å²) in [4.78, 5) is 13.2. The Labute approximate surface area is 128 Å². The quantitative estimate of drug-likeness (QED) is 0.898. The molecule has 2 rings (SSSR count). The first kappa shape index (κ1) is 15.0. The maximum absolute atomic E-state index is 6.17. The van der Waals surface area contributed by atoms with Gasteiger partial charge in [0.1, 0.15) is 11.5 Å². The largest absolute Gasteiger partial charge is 0.370 e. The normalized spacial score (nSPS) is 10.6. The molecule has 0 atom stereocenters. The molecule has 0 aromatic carbocycles. The number of rotatable bonds is 5. The first-order valence-electron chi connectivity index (χ1n) is 6.57. The van der Waals surface area contributed by atoms with E-state index in [-0.39, 0.29) is 0 Å². The second-order valence-corrected chi connectivity index (χ2v) is 5.18. The molecule has 0 amide bonds. The molecule has 4 nitrogen and oxygen atoms in total. The fourth-order valence-electron chi connectivity index (χ4n) is 1.71. The Morgan fingerprint density at radius 2 is 1.95 bits per heavy atom. The van der Waals surface area contributed by atoms with Gasteiger partial charge in [-0.05, 0) is 18.9 Å². The van der Waals surface area contributed by atoms with Crippen molar-refractivity contribution in [2.24, 2.45) is 0 Å². The monoisotopic (exact) mass is 310 g/mol. The van der Waals surface area contributed by atoms with Gasteiger partial charge in [-0.15, -0.1) is 0 Å². The number of aryl methyl sites for hydroxylation is 1. The van der Waals surface area contributed by atoms with Crippen LogP contribution in [0.5, 0.6) is 0 Å². The van der Waals surface area contributed by atoms with Gasteiger partial charge in [0, 0.05) is 24.5 Å². The van der Waals surface area contributed by atoms with Crippen LogP contribution >= 0.6 is 23.2 Å².